The van der Waals surface area contributed by atoms with Crippen LogP contribution < -0.4 is 5.32 Å². The molecule has 0 unspecified atom stereocenters. The molecule has 0 aromatic heterocycles. The Morgan fingerprint density at radius 3 is 2.67 bits per heavy atom. The first-order valence-corrected chi connectivity index (χ1v) is 8.34. The maximum Gasteiger partial charge on any atom is 0.243 e. The van der Waals surface area contributed by atoms with Crippen LogP contribution in [-0.4, -0.2) is 32.4 Å². The summed E-state index contributed by atoms with van der Waals surface area (Å²) in [4.78, 5) is 0.0642. The molecule has 0 aliphatic heterocycles. The van der Waals surface area contributed by atoms with Gasteiger partial charge in [0.1, 0.15) is 5.82 Å². The molecule has 1 rings (SSSR count). The Balaban J connectivity index is 3.07. The van der Waals surface area contributed by atoms with E-state index in [2.05, 4.69) is 11.2 Å². The fourth-order valence-electron chi connectivity index (χ4n) is 1.86. The lowest BCUT2D eigenvalue weighted by atomic mass is 10.2. The van der Waals surface area contributed by atoms with E-state index in [1.54, 1.807) is 6.92 Å². The molecular weight excluding hydrogens is 291 g/mol. The minimum absolute atomic E-state index is 0.000369. The third kappa shape index (κ3) is 4.53. The summed E-state index contributed by atoms with van der Waals surface area (Å²) in [7, 11) is -3.69. The Labute approximate surface area is 126 Å². The largest absolute Gasteiger partial charge is 0.313 e. The van der Waals surface area contributed by atoms with Gasteiger partial charge in [-0.05, 0) is 31.2 Å². The van der Waals surface area contributed by atoms with Gasteiger partial charge in [0.2, 0.25) is 10.0 Å². The minimum Gasteiger partial charge on any atom is -0.313 e. The molecule has 0 atom stereocenters. The molecule has 0 saturated carbocycles. The number of benzene rings is 1. The highest BCUT2D eigenvalue weighted by Crippen LogP contribution is 2.19. The highest BCUT2D eigenvalue weighted by molar-refractivity contribution is 7.89. The molecule has 0 aliphatic carbocycles. The summed E-state index contributed by atoms with van der Waals surface area (Å²) in [6.07, 6.45) is 6.11. The first-order valence-electron chi connectivity index (χ1n) is 6.90. The quantitative estimate of drug-likeness (QED) is 0.590. The molecule has 116 valence electrons. The van der Waals surface area contributed by atoms with E-state index in [-0.39, 0.29) is 18.0 Å². The standard InChI is InChI=1S/C15H21FN2O2S/c1-4-9-17-12-13-11-14(7-8-15(13)16)21(19,20)18(6-3)10-5-2/h2,7-8,11,17H,4,6,9-10,12H2,1,3H3. The second-order valence-corrected chi connectivity index (χ2v) is 6.50. The van der Waals surface area contributed by atoms with E-state index in [1.165, 1.54) is 22.5 Å². The molecular formula is C15H21FN2O2S. The normalized spacial score (nSPS) is 11.6. The van der Waals surface area contributed by atoms with Crippen molar-refractivity contribution in [3.05, 3.63) is 29.6 Å². The summed E-state index contributed by atoms with van der Waals surface area (Å²) >= 11 is 0. The van der Waals surface area contributed by atoms with Gasteiger partial charge in [-0.15, -0.1) is 6.42 Å². The van der Waals surface area contributed by atoms with E-state index >= 15 is 0 Å². The van der Waals surface area contributed by atoms with E-state index in [0.29, 0.717) is 12.1 Å². The van der Waals surface area contributed by atoms with Gasteiger partial charge in [0.25, 0.3) is 0 Å². The molecule has 4 nitrogen and oxygen atoms in total. The number of terminal acetylenes is 1. The lowest BCUT2D eigenvalue weighted by molar-refractivity contribution is 0.463. The van der Waals surface area contributed by atoms with Crippen LogP contribution >= 0.6 is 0 Å². The molecule has 21 heavy (non-hydrogen) atoms. The van der Waals surface area contributed by atoms with E-state index in [1.807, 2.05) is 6.92 Å². The van der Waals surface area contributed by atoms with Gasteiger partial charge < -0.3 is 5.32 Å². The van der Waals surface area contributed by atoms with Crippen molar-refractivity contribution in [2.24, 2.45) is 0 Å². The van der Waals surface area contributed by atoms with Crippen LogP contribution in [0.5, 0.6) is 0 Å². The number of nitrogens with one attached hydrogen (secondary N) is 1. The molecule has 1 N–H and O–H groups in total. The summed E-state index contributed by atoms with van der Waals surface area (Å²) in [5, 5.41) is 3.06. The topological polar surface area (TPSA) is 49.4 Å². The Morgan fingerprint density at radius 2 is 2.10 bits per heavy atom. The molecule has 0 bridgehead atoms. The monoisotopic (exact) mass is 312 g/mol. The van der Waals surface area contributed by atoms with E-state index < -0.39 is 15.8 Å². The van der Waals surface area contributed by atoms with Crippen LogP contribution in [0.1, 0.15) is 25.8 Å². The zero-order valence-electron chi connectivity index (χ0n) is 12.4. The third-order valence-corrected chi connectivity index (χ3v) is 4.93. The molecule has 0 spiro atoms. The number of nitrogens with zero attached hydrogens (tertiary/aromatic N) is 1. The first kappa shape index (κ1) is 17.6. The maximum absolute atomic E-state index is 13.7. The average Bonchev–Trinajstić information content (AvgIpc) is 2.46. The van der Waals surface area contributed by atoms with Gasteiger partial charge in [-0.2, -0.15) is 4.31 Å². The Morgan fingerprint density at radius 1 is 1.38 bits per heavy atom. The predicted molar refractivity (Wildman–Crippen MR) is 81.7 cm³/mol. The van der Waals surface area contributed by atoms with Crippen LogP contribution in [0.2, 0.25) is 0 Å². The lowest BCUT2D eigenvalue weighted by Gasteiger charge is -2.18. The van der Waals surface area contributed by atoms with Crippen LogP contribution in [0.15, 0.2) is 23.1 Å². The fraction of sp³-hybridized carbons (Fsp3) is 0.467. The van der Waals surface area contributed by atoms with Crippen LogP contribution in [0.3, 0.4) is 0 Å². The molecule has 1 aromatic carbocycles. The van der Waals surface area contributed by atoms with Gasteiger partial charge in [0.05, 0.1) is 11.4 Å². The van der Waals surface area contributed by atoms with E-state index in [0.717, 1.165) is 13.0 Å². The Bertz CT molecular complexity index is 609. The molecule has 0 fully saturated rings. The van der Waals surface area contributed by atoms with Crippen molar-refractivity contribution in [1.82, 2.24) is 9.62 Å². The number of halogens is 1. The summed E-state index contributed by atoms with van der Waals surface area (Å²) in [5.74, 6) is 1.90. The highest BCUT2D eigenvalue weighted by atomic mass is 32.2. The fourth-order valence-corrected chi connectivity index (χ4v) is 3.28. The summed E-state index contributed by atoms with van der Waals surface area (Å²) in [6.45, 7) is 5.02. The van der Waals surface area contributed by atoms with Crippen LogP contribution in [0.4, 0.5) is 4.39 Å². The Kier molecular flexibility index (Phi) is 6.82. The lowest BCUT2D eigenvalue weighted by Crippen LogP contribution is -2.31. The van der Waals surface area contributed by atoms with Crippen molar-refractivity contribution in [2.75, 3.05) is 19.6 Å². The van der Waals surface area contributed by atoms with Crippen LogP contribution in [0, 0.1) is 18.2 Å². The molecule has 6 heteroatoms. The predicted octanol–water partition coefficient (Wildman–Crippen LogP) is 1.97. The average molecular weight is 312 g/mol. The second kappa shape index (κ2) is 8.13. The molecule has 0 amide bonds. The molecule has 1 aromatic rings. The highest BCUT2D eigenvalue weighted by Gasteiger charge is 2.23. The molecule has 0 saturated heterocycles. The summed E-state index contributed by atoms with van der Waals surface area (Å²) in [6, 6.07) is 3.82. The van der Waals surface area contributed by atoms with Gasteiger partial charge in [-0.25, -0.2) is 12.8 Å². The first-order chi connectivity index (χ1) is 9.97. The zero-order chi connectivity index (χ0) is 15.9. The van der Waals surface area contributed by atoms with Gasteiger partial charge in [-0.3, -0.25) is 0 Å². The Hall–Kier alpha value is -1.42. The van der Waals surface area contributed by atoms with Crippen LogP contribution in [0.25, 0.3) is 0 Å². The smallest absolute Gasteiger partial charge is 0.243 e. The summed E-state index contributed by atoms with van der Waals surface area (Å²) < 4.78 is 39.8. The van der Waals surface area contributed by atoms with Crippen molar-refractivity contribution < 1.29 is 12.8 Å². The van der Waals surface area contributed by atoms with Crippen molar-refractivity contribution in [2.45, 2.75) is 31.7 Å². The molecule has 0 aliphatic rings. The minimum atomic E-state index is -3.69. The third-order valence-electron chi connectivity index (χ3n) is 3.02. The molecule has 0 heterocycles. The van der Waals surface area contributed by atoms with Crippen molar-refractivity contribution >= 4 is 10.0 Å². The number of hydrogen-bond donors (Lipinski definition) is 1. The maximum atomic E-state index is 13.7. The van der Waals surface area contributed by atoms with E-state index in [9.17, 15) is 12.8 Å². The number of hydrogen-bond acceptors (Lipinski definition) is 3. The van der Waals surface area contributed by atoms with Gasteiger partial charge in [0.15, 0.2) is 0 Å². The van der Waals surface area contributed by atoms with Crippen molar-refractivity contribution in [3.63, 3.8) is 0 Å². The SMILES string of the molecule is C#CCN(CC)S(=O)(=O)c1ccc(F)c(CNCCC)c1. The summed E-state index contributed by atoms with van der Waals surface area (Å²) in [5.41, 5.74) is 0.335. The number of rotatable bonds is 8. The number of sulfonamides is 1. The van der Waals surface area contributed by atoms with Crippen molar-refractivity contribution in [1.29, 1.82) is 0 Å². The zero-order valence-corrected chi connectivity index (χ0v) is 13.2. The van der Waals surface area contributed by atoms with Crippen molar-refractivity contribution in [3.8, 4) is 12.3 Å². The van der Waals surface area contributed by atoms with E-state index in [4.69, 9.17) is 6.42 Å². The van der Waals surface area contributed by atoms with Gasteiger partial charge in [-0.1, -0.05) is 19.8 Å². The van der Waals surface area contributed by atoms with Crippen LogP contribution in [-0.2, 0) is 16.6 Å². The second-order valence-electron chi connectivity index (χ2n) is 4.57. The van der Waals surface area contributed by atoms with Gasteiger partial charge >= 0.3 is 0 Å². The van der Waals surface area contributed by atoms with Gasteiger partial charge in [0, 0.05) is 18.7 Å². The molecule has 0 radical (unpaired) electrons.